The first-order valence-corrected chi connectivity index (χ1v) is 10.4. The molecule has 1 N–H and O–H groups in total. The van der Waals surface area contributed by atoms with E-state index in [9.17, 15) is 19.2 Å². The van der Waals surface area contributed by atoms with E-state index in [2.05, 4.69) is 12.2 Å². The number of hydrogen-bond acceptors (Lipinski definition) is 6. The van der Waals surface area contributed by atoms with Crippen molar-refractivity contribution >= 4 is 23.7 Å². The van der Waals surface area contributed by atoms with E-state index in [0.29, 0.717) is 36.7 Å². The van der Waals surface area contributed by atoms with Gasteiger partial charge in [-0.3, -0.25) is 19.3 Å². The van der Waals surface area contributed by atoms with Crippen LogP contribution >= 0.6 is 0 Å². The maximum absolute atomic E-state index is 12.8. The standard InChI is InChI=1S/C22H28N2O6/c1-4-29-17-7-5-16(6-8-17)19(26)15(3)30-18(25)13-24-20(27)22(23-21(24)28)11-9-14(2)10-12-22/h5-8,14-15H,4,9-13H2,1-3H3,(H,23,28). The summed E-state index contributed by atoms with van der Waals surface area (Å²) < 4.78 is 10.5. The lowest BCUT2D eigenvalue weighted by Gasteiger charge is -2.33. The van der Waals surface area contributed by atoms with Gasteiger partial charge in [-0.2, -0.15) is 0 Å². The maximum atomic E-state index is 12.8. The molecule has 1 heterocycles. The first kappa shape index (κ1) is 21.8. The van der Waals surface area contributed by atoms with Crippen LogP contribution in [0.25, 0.3) is 0 Å². The summed E-state index contributed by atoms with van der Waals surface area (Å²) in [6, 6.07) is 5.95. The molecule has 2 aliphatic rings. The fraction of sp³-hybridized carbons (Fsp3) is 0.545. The Hall–Kier alpha value is -2.90. The van der Waals surface area contributed by atoms with Gasteiger partial charge in [-0.05, 0) is 69.7 Å². The summed E-state index contributed by atoms with van der Waals surface area (Å²) in [4.78, 5) is 50.9. The second-order valence-electron chi connectivity index (χ2n) is 8.04. The van der Waals surface area contributed by atoms with Crippen LogP contribution in [-0.2, 0) is 14.3 Å². The molecule has 0 radical (unpaired) electrons. The number of benzene rings is 1. The van der Waals surface area contributed by atoms with Crippen LogP contribution < -0.4 is 10.1 Å². The van der Waals surface area contributed by atoms with Crippen molar-refractivity contribution in [1.29, 1.82) is 0 Å². The van der Waals surface area contributed by atoms with Crippen LogP contribution in [0.5, 0.6) is 5.75 Å². The second kappa shape index (κ2) is 8.85. The Balaban J connectivity index is 1.57. The van der Waals surface area contributed by atoms with Gasteiger partial charge in [0, 0.05) is 5.56 Å². The molecule has 1 spiro atoms. The number of rotatable bonds is 7. The molecule has 1 aliphatic carbocycles. The van der Waals surface area contributed by atoms with Crippen LogP contribution in [0, 0.1) is 5.92 Å². The predicted molar refractivity (Wildman–Crippen MR) is 108 cm³/mol. The number of carbonyl (C=O) groups is 4. The van der Waals surface area contributed by atoms with Crippen molar-refractivity contribution in [3.05, 3.63) is 29.8 Å². The fourth-order valence-corrected chi connectivity index (χ4v) is 3.95. The zero-order valence-corrected chi connectivity index (χ0v) is 17.6. The number of esters is 1. The minimum atomic E-state index is -1.04. The number of nitrogens with one attached hydrogen (secondary N) is 1. The van der Waals surface area contributed by atoms with E-state index in [4.69, 9.17) is 9.47 Å². The van der Waals surface area contributed by atoms with Gasteiger partial charge in [0.2, 0.25) is 5.78 Å². The third-order valence-electron chi connectivity index (χ3n) is 5.79. The average Bonchev–Trinajstić information content (AvgIpc) is 2.94. The van der Waals surface area contributed by atoms with Crippen molar-refractivity contribution < 1.29 is 28.7 Å². The first-order valence-electron chi connectivity index (χ1n) is 10.4. The van der Waals surface area contributed by atoms with E-state index in [1.165, 1.54) is 6.92 Å². The topological polar surface area (TPSA) is 102 Å². The molecular weight excluding hydrogens is 388 g/mol. The van der Waals surface area contributed by atoms with Gasteiger partial charge in [0.05, 0.1) is 6.61 Å². The van der Waals surface area contributed by atoms with Crippen LogP contribution in [0.2, 0.25) is 0 Å². The third kappa shape index (κ3) is 4.47. The van der Waals surface area contributed by atoms with Crippen molar-refractivity contribution in [2.75, 3.05) is 13.2 Å². The predicted octanol–water partition coefficient (Wildman–Crippen LogP) is 2.70. The summed E-state index contributed by atoms with van der Waals surface area (Å²) in [5.41, 5.74) is -0.530. The Morgan fingerprint density at radius 1 is 1.20 bits per heavy atom. The van der Waals surface area contributed by atoms with E-state index >= 15 is 0 Å². The monoisotopic (exact) mass is 416 g/mol. The molecule has 0 aromatic heterocycles. The minimum absolute atomic E-state index is 0.374. The number of nitrogens with zero attached hydrogens (tertiary/aromatic N) is 1. The van der Waals surface area contributed by atoms with E-state index in [1.54, 1.807) is 24.3 Å². The van der Waals surface area contributed by atoms with Gasteiger partial charge in [-0.15, -0.1) is 0 Å². The Labute approximate surface area is 175 Å². The summed E-state index contributed by atoms with van der Waals surface area (Å²) in [7, 11) is 0. The molecule has 1 saturated heterocycles. The number of amides is 3. The van der Waals surface area contributed by atoms with Gasteiger partial charge < -0.3 is 14.8 Å². The molecule has 1 saturated carbocycles. The van der Waals surface area contributed by atoms with Crippen LogP contribution in [0.4, 0.5) is 4.79 Å². The molecule has 1 atom stereocenters. The molecule has 162 valence electrons. The number of imide groups is 1. The Morgan fingerprint density at radius 3 is 2.43 bits per heavy atom. The van der Waals surface area contributed by atoms with Crippen molar-refractivity contribution in [2.45, 2.75) is 58.1 Å². The highest BCUT2D eigenvalue weighted by Gasteiger charge is 2.52. The summed E-state index contributed by atoms with van der Waals surface area (Å²) in [6.07, 6.45) is 1.78. The molecule has 2 fully saturated rings. The lowest BCUT2D eigenvalue weighted by Crippen LogP contribution is -2.49. The molecular formula is C22H28N2O6. The Kier molecular flexibility index (Phi) is 6.43. The zero-order chi connectivity index (χ0) is 21.9. The lowest BCUT2D eigenvalue weighted by molar-refractivity contribution is -0.150. The van der Waals surface area contributed by atoms with Crippen LogP contribution in [0.15, 0.2) is 24.3 Å². The highest BCUT2D eigenvalue weighted by Crippen LogP contribution is 2.36. The number of ether oxygens (including phenoxy) is 2. The molecule has 1 aromatic carbocycles. The second-order valence-corrected chi connectivity index (χ2v) is 8.04. The normalized spacial score (nSPS) is 24.5. The van der Waals surface area contributed by atoms with Crippen molar-refractivity contribution in [1.82, 2.24) is 10.2 Å². The SMILES string of the molecule is CCOc1ccc(C(=O)C(C)OC(=O)CN2C(=O)NC3(CCC(C)CC3)C2=O)cc1. The van der Waals surface area contributed by atoms with E-state index in [1.807, 2.05) is 6.92 Å². The summed E-state index contributed by atoms with van der Waals surface area (Å²) in [6.45, 7) is 5.45. The molecule has 1 aliphatic heterocycles. The molecule has 3 amide bonds. The van der Waals surface area contributed by atoms with Gasteiger partial charge >= 0.3 is 12.0 Å². The van der Waals surface area contributed by atoms with Crippen LogP contribution in [0.3, 0.4) is 0 Å². The molecule has 30 heavy (non-hydrogen) atoms. The van der Waals surface area contributed by atoms with Crippen molar-refractivity contribution in [2.24, 2.45) is 5.92 Å². The van der Waals surface area contributed by atoms with E-state index < -0.39 is 30.2 Å². The van der Waals surface area contributed by atoms with Crippen LogP contribution in [0.1, 0.15) is 56.8 Å². The quantitative estimate of drug-likeness (QED) is 0.417. The molecule has 1 unspecified atom stereocenters. The Bertz CT molecular complexity index is 827. The Morgan fingerprint density at radius 2 is 1.83 bits per heavy atom. The third-order valence-corrected chi connectivity index (χ3v) is 5.79. The molecule has 3 rings (SSSR count). The average molecular weight is 416 g/mol. The summed E-state index contributed by atoms with van der Waals surface area (Å²) >= 11 is 0. The fourth-order valence-electron chi connectivity index (χ4n) is 3.95. The molecule has 8 heteroatoms. The van der Waals surface area contributed by atoms with Gasteiger partial charge in [0.15, 0.2) is 6.10 Å². The van der Waals surface area contributed by atoms with Gasteiger partial charge in [0.25, 0.3) is 5.91 Å². The largest absolute Gasteiger partial charge is 0.494 e. The van der Waals surface area contributed by atoms with Crippen molar-refractivity contribution in [3.63, 3.8) is 0 Å². The van der Waals surface area contributed by atoms with Gasteiger partial charge in [-0.25, -0.2) is 4.79 Å². The molecule has 1 aromatic rings. The number of Topliss-reactive ketones (excluding diaryl/α,β-unsaturated/α-hetero) is 1. The number of urea groups is 1. The molecule has 8 nitrogen and oxygen atoms in total. The highest BCUT2D eigenvalue weighted by atomic mass is 16.5. The smallest absolute Gasteiger partial charge is 0.326 e. The minimum Gasteiger partial charge on any atom is -0.494 e. The van der Waals surface area contributed by atoms with E-state index in [0.717, 1.165) is 17.7 Å². The van der Waals surface area contributed by atoms with Gasteiger partial charge in [0.1, 0.15) is 17.8 Å². The zero-order valence-electron chi connectivity index (χ0n) is 17.6. The van der Waals surface area contributed by atoms with E-state index in [-0.39, 0.29) is 11.7 Å². The van der Waals surface area contributed by atoms with Gasteiger partial charge in [-0.1, -0.05) is 6.92 Å². The summed E-state index contributed by atoms with van der Waals surface area (Å²) in [5, 5.41) is 2.76. The first-order chi connectivity index (χ1) is 14.3. The highest BCUT2D eigenvalue weighted by molar-refractivity contribution is 6.09. The number of ketones is 1. The van der Waals surface area contributed by atoms with Crippen molar-refractivity contribution in [3.8, 4) is 5.75 Å². The summed E-state index contributed by atoms with van der Waals surface area (Å²) in [5.74, 6) is -0.410. The number of hydrogen-bond donors (Lipinski definition) is 1. The lowest BCUT2D eigenvalue weighted by atomic mass is 9.77. The van der Waals surface area contributed by atoms with Crippen LogP contribution in [-0.4, -0.2) is 53.4 Å². The maximum Gasteiger partial charge on any atom is 0.326 e. The molecule has 0 bridgehead atoms. The number of carbonyl (C=O) groups excluding carboxylic acids is 4.